The second kappa shape index (κ2) is 7.26. The van der Waals surface area contributed by atoms with E-state index >= 15 is 0 Å². The van der Waals surface area contributed by atoms with E-state index < -0.39 is 7.54 Å². The molecule has 0 aliphatic carbocycles. The molecule has 0 fully saturated rings. The molecular formula is C12H11BF3N3. The van der Waals surface area contributed by atoms with Crippen molar-refractivity contribution < 1.29 is 12.9 Å². The minimum atomic E-state index is -3.67. The Labute approximate surface area is 109 Å². The minimum absolute atomic E-state index is 0.192. The summed E-state index contributed by atoms with van der Waals surface area (Å²) in [6.07, 6.45) is 3.55. The molecule has 7 heteroatoms. The molecule has 0 N–H and O–H groups in total. The van der Waals surface area contributed by atoms with E-state index in [1.807, 2.05) is 48.0 Å². The van der Waals surface area contributed by atoms with E-state index in [2.05, 4.69) is 11.1 Å². The maximum absolute atomic E-state index is 9.67. The van der Waals surface area contributed by atoms with Gasteiger partial charge < -0.3 is 4.57 Å². The van der Waals surface area contributed by atoms with E-state index in [1.54, 1.807) is 6.20 Å². The van der Waals surface area contributed by atoms with E-state index in [0.29, 0.717) is 0 Å². The van der Waals surface area contributed by atoms with Crippen LogP contribution >= 0.6 is 0 Å². The fraction of sp³-hybridized carbons (Fsp3) is 0.167. The standard InChI is InChI=1S/C12H11N3.BF3/c1-10(9-13)15-8-7-14-12(15)11-5-3-2-4-6-11;2-1(3)4/h2-8,10H,1H3;. The van der Waals surface area contributed by atoms with Gasteiger partial charge in [-0.15, -0.1) is 0 Å². The van der Waals surface area contributed by atoms with Gasteiger partial charge in [0.05, 0.1) is 6.07 Å². The maximum atomic E-state index is 9.67. The Morgan fingerprint density at radius 1 is 1.26 bits per heavy atom. The van der Waals surface area contributed by atoms with Crippen molar-refractivity contribution >= 4 is 7.54 Å². The maximum Gasteiger partial charge on any atom is 0.762 e. The number of imidazole rings is 1. The van der Waals surface area contributed by atoms with Gasteiger partial charge in [0.15, 0.2) is 0 Å². The average Bonchev–Trinajstić information content (AvgIpc) is 2.87. The van der Waals surface area contributed by atoms with Crippen LogP contribution in [0, 0.1) is 11.3 Å². The molecule has 19 heavy (non-hydrogen) atoms. The predicted molar refractivity (Wildman–Crippen MR) is 67.1 cm³/mol. The largest absolute Gasteiger partial charge is 0.762 e. The topological polar surface area (TPSA) is 41.6 Å². The van der Waals surface area contributed by atoms with Crippen LogP contribution in [0.4, 0.5) is 12.9 Å². The molecule has 0 spiro atoms. The number of benzene rings is 1. The molecule has 3 nitrogen and oxygen atoms in total. The lowest BCUT2D eigenvalue weighted by atomic mass is 10.2. The lowest BCUT2D eigenvalue weighted by Crippen LogP contribution is -2.03. The van der Waals surface area contributed by atoms with Gasteiger partial charge in [-0.05, 0) is 6.92 Å². The van der Waals surface area contributed by atoms with Gasteiger partial charge >= 0.3 is 7.54 Å². The van der Waals surface area contributed by atoms with Gasteiger partial charge in [0.25, 0.3) is 0 Å². The number of hydrogen-bond acceptors (Lipinski definition) is 2. The SMILES string of the molecule is CC(C#N)n1ccnc1-c1ccccc1.FB(F)F. The van der Waals surface area contributed by atoms with Crippen molar-refractivity contribution in [2.24, 2.45) is 0 Å². The number of nitriles is 1. The molecule has 0 saturated heterocycles. The van der Waals surface area contributed by atoms with Crippen LogP contribution in [-0.4, -0.2) is 17.1 Å². The summed E-state index contributed by atoms with van der Waals surface area (Å²) >= 11 is 0. The van der Waals surface area contributed by atoms with Gasteiger partial charge in [0.2, 0.25) is 0 Å². The van der Waals surface area contributed by atoms with Crippen LogP contribution in [-0.2, 0) is 0 Å². The van der Waals surface area contributed by atoms with E-state index in [0.717, 1.165) is 11.4 Å². The highest BCUT2D eigenvalue weighted by Gasteiger charge is 2.09. The van der Waals surface area contributed by atoms with Gasteiger partial charge in [-0.2, -0.15) is 5.26 Å². The van der Waals surface area contributed by atoms with Crippen LogP contribution in [0.3, 0.4) is 0 Å². The van der Waals surface area contributed by atoms with Crippen LogP contribution in [0.25, 0.3) is 11.4 Å². The molecule has 1 unspecified atom stereocenters. The lowest BCUT2D eigenvalue weighted by molar-refractivity contribution is 0.535. The summed E-state index contributed by atoms with van der Waals surface area (Å²) in [6, 6.07) is 11.9. The highest BCUT2D eigenvalue weighted by Crippen LogP contribution is 2.20. The first kappa shape index (κ1) is 14.8. The Kier molecular flexibility index (Phi) is 5.67. The molecule has 1 atom stereocenters. The number of hydrogen-bond donors (Lipinski definition) is 0. The molecule has 1 aromatic heterocycles. The molecule has 1 aromatic carbocycles. The fourth-order valence-electron chi connectivity index (χ4n) is 1.50. The van der Waals surface area contributed by atoms with Crippen LogP contribution in [0.1, 0.15) is 13.0 Å². The van der Waals surface area contributed by atoms with Crippen molar-refractivity contribution in [3.05, 3.63) is 42.7 Å². The van der Waals surface area contributed by atoms with Crippen LogP contribution < -0.4 is 0 Å². The summed E-state index contributed by atoms with van der Waals surface area (Å²) in [5, 5.41) is 8.88. The smallest absolute Gasteiger partial charge is 0.315 e. The van der Waals surface area contributed by atoms with Crippen molar-refractivity contribution in [1.29, 1.82) is 5.26 Å². The summed E-state index contributed by atoms with van der Waals surface area (Å²) in [4.78, 5) is 4.27. The number of rotatable bonds is 2. The molecular weight excluding hydrogens is 254 g/mol. The first-order valence-electron chi connectivity index (χ1n) is 5.46. The Hall–Kier alpha value is -2.23. The normalized spacial score (nSPS) is 10.9. The highest BCUT2D eigenvalue weighted by atomic mass is 19.4. The van der Waals surface area contributed by atoms with Gasteiger partial charge in [-0.3, -0.25) is 12.9 Å². The van der Waals surface area contributed by atoms with E-state index in [9.17, 15) is 12.9 Å². The molecule has 0 amide bonds. The van der Waals surface area contributed by atoms with Gasteiger partial charge in [-0.25, -0.2) is 4.98 Å². The molecule has 2 rings (SSSR count). The van der Waals surface area contributed by atoms with Gasteiger partial charge in [0, 0.05) is 18.0 Å². The predicted octanol–water partition coefficient (Wildman–Crippen LogP) is 3.51. The van der Waals surface area contributed by atoms with E-state index in [4.69, 9.17) is 5.26 Å². The average molecular weight is 265 g/mol. The molecule has 0 radical (unpaired) electrons. The number of aromatic nitrogens is 2. The quantitative estimate of drug-likeness (QED) is 0.779. The van der Waals surface area contributed by atoms with E-state index in [-0.39, 0.29) is 6.04 Å². The molecule has 0 aliphatic heterocycles. The van der Waals surface area contributed by atoms with Crippen LogP contribution in [0.15, 0.2) is 42.7 Å². The zero-order valence-corrected chi connectivity index (χ0v) is 10.2. The Bertz CT molecular complexity index is 534. The number of nitrogens with zero attached hydrogens (tertiary/aromatic N) is 3. The second-order valence-electron chi connectivity index (χ2n) is 3.58. The van der Waals surface area contributed by atoms with Crippen LogP contribution in [0.5, 0.6) is 0 Å². The van der Waals surface area contributed by atoms with E-state index in [1.165, 1.54) is 0 Å². The van der Waals surface area contributed by atoms with Crippen LogP contribution in [0.2, 0.25) is 0 Å². The van der Waals surface area contributed by atoms with Gasteiger partial charge in [0.1, 0.15) is 11.9 Å². The summed E-state index contributed by atoms with van der Waals surface area (Å²) in [5.41, 5.74) is 1.03. The Balaban J connectivity index is 0.000000399. The Morgan fingerprint density at radius 2 is 1.84 bits per heavy atom. The van der Waals surface area contributed by atoms with Gasteiger partial charge in [-0.1, -0.05) is 30.3 Å². The molecule has 0 aliphatic rings. The van der Waals surface area contributed by atoms with Crippen molar-refractivity contribution in [3.63, 3.8) is 0 Å². The lowest BCUT2D eigenvalue weighted by Gasteiger charge is -2.08. The summed E-state index contributed by atoms with van der Waals surface area (Å²) in [6.45, 7) is 1.86. The second-order valence-corrected chi connectivity index (χ2v) is 3.58. The zero-order chi connectivity index (χ0) is 14.3. The molecule has 98 valence electrons. The van der Waals surface area contributed by atoms with Crippen molar-refractivity contribution in [2.75, 3.05) is 0 Å². The van der Waals surface area contributed by atoms with Crippen molar-refractivity contribution in [2.45, 2.75) is 13.0 Å². The third-order valence-electron chi connectivity index (χ3n) is 2.30. The fourth-order valence-corrected chi connectivity index (χ4v) is 1.50. The third kappa shape index (κ3) is 4.51. The van der Waals surface area contributed by atoms with Crippen molar-refractivity contribution in [3.8, 4) is 17.5 Å². The molecule has 1 heterocycles. The first-order valence-corrected chi connectivity index (χ1v) is 5.46. The molecule has 0 saturated carbocycles. The number of halogens is 3. The highest BCUT2D eigenvalue weighted by molar-refractivity contribution is 6.33. The summed E-state index contributed by atoms with van der Waals surface area (Å²) < 4.78 is 30.9. The Morgan fingerprint density at radius 3 is 2.37 bits per heavy atom. The van der Waals surface area contributed by atoms with Crippen molar-refractivity contribution in [1.82, 2.24) is 9.55 Å². The molecule has 0 bridgehead atoms. The monoisotopic (exact) mass is 265 g/mol. The molecule has 2 aromatic rings. The minimum Gasteiger partial charge on any atom is -0.315 e. The zero-order valence-electron chi connectivity index (χ0n) is 10.2. The third-order valence-corrected chi connectivity index (χ3v) is 2.30. The summed E-state index contributed by atoms with van der Waals surface area (Å²) in [7, 11) is -3.67. The summed E-state index contributed by atoms with van der Waals surface area (Å²) in [5.74, 6) is 0.838. The first-order chi connectivity index (χ1) is 9.06.